The summed E-state index contributed by atoms with van der Waals surface area (Å²) in [6.45, 7) is 4.87. The minimum absolute atomic E-state index is 0.0700. The van der Waals surface area contributed by atoms with Gasteiger partial charge in [0.25, 0.3) is 0 Å². The third-order valence-electron chi connectivity index (χ3n) is 3.34. The number of nitrogens with two attached hydrogens (primary N) is 1. The highest BCUT2D eigenvalue weighted by Crippen LogP contribution is 2.27. The van der Waals surface area contributed by atoms with Crippen LogP contribution in [0.3, 0.4) is 0 Å². The average molecular weight is 275 g/mol. The molecule has 20 heavy (non-hydrogen) atoms. The number of rotatable bonds is 6. The van der Waals surface area contributed by atoms with Crippen LogP contribution in [0.1, 0.15) is 29.9 Å². The van der Waals surface area contributed by atoms with Crippen LogP contribution in [0.4, 0.5) is 0 Å². The van der Waals surface area contributed by atoms with Gasteiger partial charge in [-0.1, -0.05) is 17.7 Å². The molecule has 0 saturated heterocycles. The number of nitrogens with zero attached hydrogens (tertiary/aromatic N) is 3. The lowest BCUT2D eigenvalue weighted by molar-refractivity contribution is 0.397. The number of hydrogen-bond donors (Lipinski definition) is 2. The molecule has 0 bridgehead atoms. The molecule has 0 aliphatic heterocycles. The molecule has 1 heterocycles. The van der Waals surface area contributed by atoms with Crippen LogP contribution in [-0.4, -0.2) is 21.9 Å². The number of aromatic nitrogens is 3. The van der Waals surface area contributed by atoms with Crippen molar-refractivity contribution in [1.82, 2.24) is 20.2 Å². The van der Waals surface area contributed by atoms with Gasteiger partial charge in [0, 0.05) is 18.5 Å². The molecule has 1 aromatic carbocycles. The Morgan fingerprint density at radius 1 is 1.45 bits per heavy atom. The number of hydrogen-bond acceptors (Lipinski definition) is 5. The van der Waals surface area contributed by atoms with Crippen molar-refractivity contribution < 1.29 is 4.74 Å². The maximum Gasteiger partial charge on any atom is 0.138 e. The van der Waals surface area contributed by atoms with Crippen LogP contribution in [0.15, 0.2) is 24.5 Å². The second kappa shape index (κ2) is 6.49. The van der Waals surface area contributed by atoms with Gasteiger partial charge in [-0.05, 0) is 19.9 Å². The largest absolute Gasteiger partial charge is 0.496 e. The van der Waals surface area contributed by atoms with E-state index < -0.39 is 0 Å². The van der Waals surface area contributed by atoms with Crippen LogP contribution >= 0.6 is 0 Å². The highest BCUT2D eigenvalue weighted by Gasteiger charge is 2.18. The van der Waals surface area contributed by atoms with Crippen molar-refractivity contribution in [2.75, 3.05) is 7.11 Å². The van der Waals surface area contributed by atoms with Crippen molar-refractivity contribution in [3.63, 3.8) is 0 Å². The van der Waals surface area contributed by atoms with E-state index in [-0.39, 0.29) is 6.04 Å². The van der Waals surface area contributed by atoms with E-state index in [4.69, 9.17) is 10.6 Å². The summed E-state index contributed by atoms with van der Waals surface area (Å²) in [5, 5.41) is 4.18. The minimum atomic E-state index is -0.0700. The van der Waals surface area contributed by atoms with Crippen LogP contribution in [0.25, 0.3) is 0 Å². The first-order chi connectivity index (χ1) is 9.69. The Kier molecular flexibility index (Phi) is 4.70. The van der Waals surface area contributed by atoms with E-state index in [0.717, 1.165) is 29.2 Å². The zero-order chi connectivity index (χ0) is 14.5. The maximum atomic E-state index is 5.72. The van der Waals surface area contributed by atoms with E-state index in [1.54, 1.807) is 13.4 Å². The molecular formula is C14H21N5O. The quantitative estimate of drug-likeness (QED) is 0.615. The molecule has 0 aliphatic rings. The number of hydrazine groups is 1. The van der Waals surface area contributed by atoms with Crippen molar-refractivity contribution in [3.05, 3.63) is 41.5 Å². The predicted octanol–water partition coefficient (Wildman–Crippen LogP) is 1.36. The summed E-state index contributed by atoms with van der Waals surface area (Å²) in [7, 11) is 1.66. The summed E-state index contributed by atoms with van der Waals surface area (Å²) in [5.74, 6) is 7.45. The number of benzene rings is 1. The van der Waals surface area contributed by atoms with Gasteiger partial charge in [0.05, 0.1) is 13.2 Å². The van der Waals surface area contributed by atoms with Crippen molar-refractivity contribution in [1.29, 1.82) is 0 Å². The molecule has 1 aromatic heterocycles. The van der Waals surface area contributed by atoms with Gasteiger partial charge >= 0.3 is 0 Å². The molecule has 2 rings (SSSR count). The first-order valence-electron chi connectivity index (χ1n) is 6.67. The van der Waals surface area contributed by atoms with E-state index >= 15 is 0 Å². The molecular weight excluding hydrogens is 254 g/mol. The molecule has 0 amide bonds. The molecule has 0 saturated carbocycles. The van der Waals surface area contributed by atoms with Gasteiger partial charge < -0.3 is 4.74 Å². The Hall–Kier alpha value is -1.92. The van der Waals surface area contributed by atoms with Crippen molar-refractivity contribution in [3.8, 4) is 5.75 Å². The van der Waals surface area contributed by atoms with Gasteiger partial charge in [0.1, 0.15) is 17.9 Å². The standard InChI is InChI=1S/C14H21N5O/c1-4-19-14(16-9-17-19)8-12(18-15)11-7-10(2)5-6-13(11)20-3/h5-7,9,12,18H,4,8,15H2,1-3H3. The molecule has 0 aliphatic carbocycles. The fraction of sp³-hybridized carbons (Fsp3) is 0.429. The number of ether oxygens (including phenoxy) is 1. The molecule has 1 unspecified atom stereocenters. The molecule has 1 atom stereocenters. The van der Waals surface area contributed by atoms with Gasteiger partial charge in [0.15, 0.2) is 0 Å². The molecule has 0 fully saturated rings. The zero-order valence-electron chi connectivity index (χ0n) is 12.1. The van der Waals surface area contributed by atoms with E-state index in [1.165, 1.54) is 0 Å². The summed E-state index contributed by atoms with van der Waals surface area (Å²) in [6.07, 6.45) is 2.23. The number of methoxy groups -OCH3 is 1. The Bertz CT molecular complexity index is 566. The first kappa shape index (κ1) is 14.5. The predicted molar refractivity (Wildman–Crippen MR) is 77.2 cm³/mol. The van der Waals surface area contributed by atoms with Crippen molar-refractivity contribution in [2.45, 2.75) is 32.9 Å². The van der Waals surface area contributed by atoms with Crippen molar-refractivity contribution >= 4 is 0 Å². The second-order valence-corrected chi connectivity index (χ2v) is 4.66. The molecule has 0 spiro atoms. The fourth-order valence-electron chi connectivity index (χ4n) is 2.28. The molecule has 2 aromatic rings. The highest BCUT2D eigenvalue weighted by atomic mass is 16.5. The normalized spacial score (nSPS) is 12.4. The highest BCUT2D eigenvalue weighted by molar-refractivity contribution is 5.39. The van der Waals surface area contributed by atoms with E-state index in [9.17, 15) is 0 Å². The summed E-state index contributed by atoms with van der Waals surface area (Å²) in [5.41, 5.74) is 5.04. The molecule has 108 valence electrons. The summed E-state index contributed by atoms with van der Waals surface area (Å²) < 4.78 is 7.29. The van der Waals surface area contributed by atoms with Gasteiger partial charge in [-0.15, -0.1) is 0 Å². The maximum absolute atomic E-state index is 5.72. The van der Waals surface area contributed by atoms with Crippen LogP contribution in [0.5, 0.6) is 5.75 Å². The molecule has 6 heteroatoms. The lowest BCUT2D eigenvalue weighted by atomic mass is 10.0. The van der Waals surface area contributed by atoms with E-state index in [1.807, 2.05) is 30.7 Å². The SMILES string of the molecule is CCn1ncnc1CC(NN)c1cc(C)ccc1OC. The topological polar surface area (TPSA) is 78.0 Å². The smallest absolute Gasteiger partial charge is 0.138 e. The molecule has 3 N–H and O–H groups in total. The Balaban J connectivity index is 2.30. The summed E-state index contributed by atoms with van der Waals surface area (Å²) >= 11 is 0. The number of aryl methyl sites for hydroxylation is 2. The molecule has 6 nitrogen and oxygen atoms in total. The van der Waals surface area contributed by atoms with Crippen molar-refractivity contribution in [2.24, 2.45) is 5.84 Å². The minimum Gasteiger partial charge on any atom is -0.496 e. The van der Waals surface area contributed by atoms with Gasteiger partial charge in [-0.2, -0.15) is 5.10 Å². The Morgan fingerprint density at radius 3 is 2.90 bits per heavy atom. The second-order valence-electron chi connectivity index (χ2n) is 4.66. The number of nitrogens with one attached hydrogen (secondary N) is 1. The van der Waals surface area contributed by atoms with Crippen LogP contribution in [-0.2, 0) is 13.0 Å². The monoisotopic (exact) mass is 275 g/mol. The lowest BCUT2D eigenvalue weighted by Crippen LogP contribution is -2.31. The first-order valence-corrected chi connectivity index (χ1v) is 6.67. The van der Waals surface area contributed by atoms with Crippen LogP contribution < -0.4 is 16.0 Å². The third kappa shape index (κ3) is 2.97. The van der Waals surface area contributed by atoms with Crippen LogP contribution in [0, 0.1) is 6.92 Å². The zero-order valence-corrected chi connectivity index (χ0v) is 12.1. The molecule has 0 radical (unpaired) electrons. The van der Waals surface area contributed by atoms with Gasteiger partial charge in [-0.3, -0.25) is 16.0 Å². The summed E-state index contributed by atoms with van der Waals surface area (Å²) in [6, 6.07) is 5.99. The van der Waals surface area contributed by atoms with Crippen LogP contribution in [0.2, 0.25) is 0 Å². The lowest BCUT2D eigenvalue weighted by Gasteiger charge is -2.19. The fourth-order valence-corrected chi connectivity index (χ4v) is 2.28. The Labute approximate surface area is 118 Å². The third-order valence-corrected chi connectivity index (χ3v) is 3.34. The average Bonchev–Trinajstić information content (AvgIpc) is 2.91. The van der Waals surface area contributed by atoms with Gasteiger partial charge in [-0.25, -0.2) is 4.98 Å². The van der Waals surface area contributed by atoms with E-state index in [0.29, 0.717) is 6.42 Å². The van der Waals surface area contributed by atoms with Gasteiger partial charge in [0.2, 0.25) is 0 Å². The summed E-state index contributed by atoms with van der Waals surface area (Å²) in [4.78, 5) is 4.29. The van der Waals surface area contributed by atoms with E-state index in [2.05, 4.69) is 21.6 Å². The Morgan fingerprint density at radius 2 is 2.25 bits per heavy atom.